The Labute approximate surface area is 68.7 Å². The summed E-state index contributed by atoms with van der Waals surface area (Å²) in [5.74, 6) is 0. The zero-order chi connectivity index (χ0) is 7.28. The van der Waals surface area contributed by atoms with E-state index in [4.69, 9.17) is 22.3 Å². The average molecular weight is 277 g/mol. The van der Waals surface area contributed by atoms with Crippen molar-refractivity contribution in [2.24, 2.45) is 11.5 Å². The Morgan fingerprint density at radius 3 is 1.67 bits per heavy atom. The van der Waals surface area contributed by atoms with E-state index in [1.807, 2.05) is 0 Å². The molecule has 0 aliphatic carbocycles. The molecule has 0 amide bonds. The first-order valence-corrected chi connectivity index (χ1v) is 8.51. The Balaban J connectivity index is 3.10. The van der Waals surface area contributed by atoms with E-state index in [2.05, 4.69) is 0 Å². The predicted molar refractivity (Wildman–Crippen MR) is 39.0 cm³/mol. The van der Waals surface area contributed by atoms with Crippen LogP contribution in [0.25, 0.3) is 0 Å². The molecule has 0 saturated carbocycles. The van der Waals surface area contributed by atoms with E-state index in [1.54, 1.807) is 0 Å². The number of amidine groups is 2. The van der Waals surface area contributed by atoms with Gasteiger partial charge >= 0.3 is 68.9 Å². The molecule has 0 heterocycles. The van der Waals surface area contributed by atoms with E-state index in [-0.39, 0.29) is 28.8 Å². The van der Waals surface area contributed by atoms with Gasteiger partial charge in [0, 0.05) is 0 Å². The first-order chi connectivity index (χ1) is 4.13. The third-order valence-corrected chi connectivity index (χ3v) is 7.15. The molecule has 54 valence electrons. The Hall–Kier alpha value is 0.370. The molecular formula is C2H6IN4S2-. The van der Waals surface area contributed by atoms with E-state index in [9.17, 15) is 0 Å². The first-order valence-electron chi connectivity index (χ1n) is 1.79. The zero-order valence-corrected chi connectivity index (χ0v) is 8.14. The van der Waals surface area contributed by atoms with Crippen LogP contribution in [0.3, 0.4) is 0 Å². The van der Waals surface area contributed by atoms with Crippen LogP contribution >= 0.6 is 17.9 Å². The average Bonchev–Trinajstić information content (AvgIpc) is 1.63. The fourth-order valence-electron chi connectivity index (χ4n) is 0.0836. The minimum absolute atomic E-state index is 0.108. The van der Waals surface area contributed by atoms with Crippen molar-refractivity contribution >= 4 is 28.2 Å². The Morgan fingerprint density at radius 1 is 1.11 bits per heavy atom. The molecule has 0 aliphatic rings. The summed E-state index contributed by atoms with van der Waals surface area (Å²) in [6.45, 7) is 0. The summed E-state index contributed by atoms with van der Waals surface area (Å²) in [5, 5.41) is 13.8. The van der Waals surface area contributed by atoms with Gasteiger partial charge in [-0.25, -0.2) is 0 Å². The normalized spacial score (nSPS) is 9.33. The molecule has 7 heteroatoms. The maximum atomic E-state index is 6.78. The summed E-state index contributed by atoms with van der Waals surface area (Å²) < 4.78 is 0. The van der Waals surface area contributed by atoms with Crippen molar-refractivity contribution in [1.29, 1.82) is 10.8 Å². The predicted octanol–water partition coefficient (Wildman–Crippen LogP) is -2.84. The van der Waals surface area contributed by atoms with Crippen LogP contribution in [0.5, 0.6) is 0 Å². The van der Waals surface area contributed by atoms with E-state index in [0.717, 1.165) is 0 Å². The summed E-state index contributed by atoms with van der Waals surface area (Å²) in [4.78, 5) is 0. The van der Waals surface area contributed by atoms with E-state index >= 15 is 0 Å². The van der Waals surface area contributed by atoms with Crippen molar-refractivity contribution in [3.8, 4) is 0 Å². The van der Waals surface area contributed by atoms with Crippen LogP contribution < -0.4 is 29.9 Å². The molecule has 0 atom stereocenters. The minimum atomic E-state index is -0.321. The summed E-state index contributed by atoms with van der Waals surface area (Å²) in [7, 11) is 2.55. The third kappa shape index (κ3) is 8.37. The molecule has 0 radical (unpaired) electrons. The van der Waals surface area contributed by atoms with Crippen molar-refractivity contribution in [3.63, 3.8) is 0 Å². The second-order valence-corrected chi connectivity index (χ2v) is 8.52. The van der Waals surface area contributed by atoms with Gasteiger partial charge in [0.15, 0.2) is 0 Å². The van der Waals surface area contributed by atoms with Crippen molar-refractivity contribution in [1.82, 2.24) is 0 Å². The molecule has 0 fully saturated rings. The van der Waals surface area contributed by atoms with Gasteiger partial charge in [-0.3, -0.25) is 0 Å². The molecular weight excluding hydrogens is 271 g/mol. The molecule has 0 aromatic rings. The molecule has 4 nitrogen and oxygen atoms in total. The van der Waals surface area contributed by atoms with Gasteiger partial charge < -0.3 is 0 Å². The van der Waals surface area contributed by atoms with Gasteiger partial charge in [0.25, 0.3) is 0 Å². The second-order valence-electron chi connectivity index (χ2n) is 0.946. The fraction of sp³-hybridized carbons (Fsp3) is 0. The Morgan fingerprint density at radius 2 is 1.44 bits per heavy atom. The Bertz CT molecular complexity index is 112. The summed E-state index contributed by atoms with van der Waals surface area (Å²) in [5.41, 5.74) is 10.1. The number of nitrogens with two attached hydrogens (primary N) is 2. The standard InChI is InChI=1S/C2H6IN4S2/c4-1(5)8-3-9-2(6)7/h(H3,4,5)(H3,6,7)/q-1. The summed E-state index contributed by atoms with van der Waals surface area (Å²) in [6, 6.07) is 0. The SMILES string of the molecule is N=C(N)S[I-]SC(=N)N. The zero-order valence-electron chi connectivity index (χ0n) is 4.35. The molecule has 0 aromatic heterocycles. The van der Waals surface area contributed by atoms with Crippen LogP contribution in [-0.4, -0.2) is 10.3 Å². The van der Waals surface area contributed by atoms with Gasteiger partial charge in [0.2, 0.25) is 0 Å². The van der Waals surface area contributed by atoms with Crippen LogP contribution in [0.15, 0.2) is 0 Å². The van der Waals surface area contributed by atoms with E-state index < -0.39 is 0 Å². The maximum absolute atomic E-state index is 6.78. The quantitative estimate of drug-likeness (QED) is 0.248. The third-order valence-electron chi connectivity index (χ3n) is 0.229. The van der Waals surface area contributed by atoms with Crippen LogP contribution in [0, 0.1) is 10.8 Å². The molecule has 0 rings (SSSR count). The molecule has 0 unspecified atom stereocenters. The van der Waals surface area contributed by atoms with Crippen LogP contribution in [-0.2, 0) is 0 Å². The van der Waals surface area contributed by atoms with Gasteiger partial charge in [-0.05, 0) is 0 Å². The number of hydrogen-bond donors (Lipinski definition) is 4. The monoisotopic (exact) mass is 277 g/mol. The van der Waals surface area contributed by atoms with Gasteiger partial charge in [0.1, 0.15) is 0 Å². The molecule has 6 N–H and O–H groups in total. The molecule has 0 aromatic carbocycles. The van der Waals surface area contributed by atoms with Gasteiger partial charge in [-0.1, -0.05) is 0 Å². The number of halogens is 1. The van der Waals surface area contributed by atoms with Crippen molar-refractivity contribution in [3.05, 3.63) is 0 Å². The van der Waals surface area contributed by atoms with Crippen LogP contribution in [0.1, 0.15) is 0 Å². The second kappa shape index (κ2) is 5.18. The van der Waals surface area contributed by atoms with Gasteiger partial charge in [-0.15, -0.1) is 0 Å². The number of nitrogens with one attached hydrogen (secondary N) is 2. The van der Waals surface area contributed by atoms with Gasteiger partial charge in [-0.2, -0.15) is 0 Å². The molecule has 0 saturated heterocycles. The molecule has 0 bridgehead atoms. The topological polar surface area (TPSA) is 99.7 Å². The fourth-order valence-corrected chi connectivity index (χ4v) is 5.05. The Kier molecular flexibility index (Phi) is 5.39. The number of rotatable bonds is 2. The number of hydrogen-bond acceptors (Lipinski definition) is 4. The van der Waals surface area contributed by atoms with E-state index in [1.165, 1.54) is 17.9 Å². The van der Waals surface area contributed by atoms with Crippen LogP contribution in [0.2, 0.25) is 0 Å². The summed E-state index contributed by atoms with van der Waals surface area (Å²) >= 11 is -0.321. The van der Waals surface area contributed by atoms with E-state index in [0.29, 0.717) is 0 Å². The first kappa shape index (κ1) is 9.37. The van der Waals surface area contributed by atoms with Gasteiger partial charge in [0.05, 0.1) is 0 Å². The molecule has 9 heavy (non-hydrogen) atoms. The van der Waals surface area contributed by atoms with Crippen molar-refractivity contribution < 1.29 is 18.4 Å². The van der Waals surface area contributed by atoms with Crippen LogP contribution in [0.4, 0.5) is 0 Å². The molecule has 0 aliphatic heterocycles. The molecule has 0 spiro atoms. The van der Waals surface area contributed by atoms with Crippen molar-refractivity contribution in [2.45, 2.75) is 0 Å². The van der Waals surface area contributed by atoms with Crippen molar-refractivity contribution in [2.75, 3.05) is 0 Å². The summed E-state index contributed by atoms with van der Waals surface area (Å²) in [6.07, 6.45) is 0.